The molecule has 1 amide bonds. The molecule has 4 rings (SSSR count). The van der Waals surface area contributed by atoms with Gasteiger partial charge in [-0.05, 0) is 34.8 Å². The third-order valence-electron chi connectivity index (χ3n) is 5.07. The van der Waals surface area contributed by atoms with E-state index in [-0.39, 0.29) is 24.3 Å². The van der Waals surface area contributed by atoms with Crippen LogP contribution in [0.1, 0.15) is 16.7 Å². The second-order valence-electron chi connectivity index (χ2n) is 7.01. The highest BCUT2D eigenvalue weighted by Crippen LogP contribution is 2.39. The summed E-state index contributed by atoms with van der Waals surface area (Å²) in [6, 6.07) is 16.6. The first-order valence-electron chi connectivity index (χ1n) is 8.90. The van der Waals surface area contributed by atoms with E-state index < -0.39 is 0 Å². The molecule has 0 saturated carbocycles. The number of carbonyl (C=O) groups is 1. The van der Waals surface area contributed by atoms with Gasteiger partial charge in [0.15, 0.2) is 0 Å². The van der Waals surface area contributed by atoms with Crippen LogP contribution in [0.2, 0.25) is 0 Å². The molecule has 130 valence electrons. The van der Waals surface area contributed by atoms with Crippen LogP contribution < -0.4 is 11.1 Å². The van der Waals surface area contributed by atoms with Crippen LogP contribution in [0, 0.1) is 5.92 Å². The molecule has 1 aliphatic heterocycles. The molecule has 0 spiro atoms. The molecular weight excluding hydrogens is 320 g/mol. The molecular formula is C23H22N2O. The van der Waals surface area contributed by atoms with Gasteiger partial charge in [-0.2, -0.15) is 0 Å². The third kappa shape index (κ3) is 3.21. The van der Waals surface area contributed by atoms with E-state index in [0.29, 0.717) is 0 Å². The van der Waals surface area contributed by atoms with Crippen LogP contribution in [-0.4, -0.2) is 11.9 Å². The highest BCUT2D eigenvalue weighted by atomic mass is 16.1. The summed E-state index contributed by atoms with van der Waals surface area (Å²) >= 11 is 0. The molecule has 2 aromatic carbocycles. The molecule has 0 saturated heterocycles. The molecule has 0 fully saturated rings. The molecule has 0 radical (unpaired) electrons. The van der Waals surface area contributed by atoms with Crippen molar-refractivity contribution in [2.24, 2.45) is 11.7 Å². The van der Waals surface area contributed by atoms with E-state index in [0.717, 1.165) is 17.7 Å². The number of nitrogens with two attached hydrogens (primary N) is 1. The smallest absolute Gasteiger partial charge is 0.221 e. The maximum absolute atomic E-state index is 11.1. The summed E-state index contributed by atoms with van der Waals surface area (Å²) in [5.41, 5.74) is 12.2. The lowest BCUT2D eigenvalue weighted by Crippen LogP contribution is -2.33. The van der Waals surface area contributed by atoms with E-state index >= 15 is 0 Å². The lowest BCUT2D eigenvalue weighted by atomic mass is 9.79. The van der Waals surface area contributed by atoms with Gasteiger partial charge in [-0.25, -0.2) is 0 Å². The van der Waals surface area contributed by atoms with Crippen LogP contribution in [0.5, 0.6) is 0 Å². The number of nitrogens with one attached hydrogen (secondary N) is 1. The average Bonchev–Trinajstić information content (AvgIpc) is 2.61. The largest absolute Gasteiger partial charge is 0.377 e. The van der Waals surface area contributed by atoms with Gasteiger partial charge in [-0.1, -0.05) is 67.3 Å². The van der Waals surface area contributed by atoms with Gasteiger partial charge >= 0.3 is 0 Å². The maximum Gasteiger partial charge on any atom is 0.221 e. The van der Waals surface area contributed by atoms with Gasteiger partial charge in [0.05, 0.1) is 12.5 Å². The number of hydrogen-bond donors (Lipinski definition) is 2. The molecule has 3 heteroatoms. The van der Waals surface area contributed by atoms with Gasteiger partial charge in [-0.15, -0.1) is 0 Å². The van der Waals surface area contributed by atoms with Crippen molar-refractivity contribution < 1.29 is 4.79 Å². The number of para-hydroxylation sites is 1. The molecule has 3 nitrogen and oxygen atoms in total. The minimum atomic E-state index is -0.301. The van der Waals surface area contributed by atoms with E-state index in [1.807, 2.05) is 18.2 Å². The minimum absolute atomic E-state index is 0.228. The van der Waals surface area contributed by atoms with Crippen molar-refractivity contribution in [2.75, 3.05) is 5.32 Å². The van der Waals surface area contributed by atoms with Crippen LogP contribution in [0.3, 0.4) is 0 Å². The van der Waals surface area contributed by atoms with Gasteiger partial charge in [0.25, 0.3) is 0 Å². The molecule has 0 aromatic heterocycles. The Morgan fingerprint density at radius 3 is 2.77 bits per heavy atom. The monoisotopic (exact) mass is 342 g/mol. The number of allylic oxidation sites excluding steroid dienone is 2. The zero-order valence-corrected chi connectivity index (χ0v) is 14.6. The molecule has 2 aliphatic rings. The standard InChI is InChI=1S/C23H22N2O/c1-15-19-7-2-3-8-21(19)25-22-13-18(9-10-20(15)22)12-16-5-4-6-17(11-16)14-23(24)26/h2-11,13,20,22,25H,1,12,14H2,(H2,24,26). The lowest BCUT2D eigenvalue weighted by Gasteiger charge is -2.35. The predicted octanol–water partition coefficient (Wildman–Crippen LogP) is 3.88. The van der Waals surface area contributed by atoms with Gasteiger partial charge in [0.1, 0.15) is 0 Å². The Labute approximate surface area is 153 Å². The summed E-state index contributed by atoms with van der Waals surface area (Å²) in [4.78, 5) is 11.1. The second kappa shape index (κ2) is 6.68. The first kappa shape index (κ1) is 16.4. The van der Waals surface area contributed by atoms with Crippen molar-refractivity contribution in [3.8, 4) is 0 Å². The second-order valence-corrected chi connectivity index (χ2v) is 7.01. The summed E-state index contributed by atoms with van der Waals surface area (Å²) in [6.07, 6.45) is 7.86. The molecule has 3 N–H and O–H groups in total. The predicted molar refractivity (Wildman–Crippen MR) is 107 cm³/mol. The van der Waals surface area contributed by atoms with Crippen molar-refractivity contribution in [1.29, 1.82) is 0 Å². The molecule has 26 heavy (non-hydrogen) atoms. The van der Waals surface area contributed by atoms with Crippen LogP contribution in [-0.2, 0) is 17.6 Å². The van der Waals surface area contributed by atoms with Gasteiger partial charge in [0, 0.05) is 17.2 Å². The summed E-state index contributed by atoms with van der Waals surface area (Å²) < 4.78 is 0. The Morgan fingerprint density at radius 1 is 1.12 bits per heavy atom. The fraction of sp³-hybridized carbons (Fsp3) is 0.174. The molecule has 2 aromatic rings. The Balaban J connectivity index is 1.55. The normalized spacial score (nSPS) is 20.6. The molecule has 1 aliphatic carbocycles. The zero-order chi connectivity index (χ0) is 18.1. The van der Waals surface area contributed by atoms with Gasteiger partial charge in [-0.3, -0.25) is 4.79 Å². The van der Waals surface area contributed by atoms with E-state index in [4.69, 9.17) is 5.73 Å². The number of rotatable bonds is 4. The number of amides is 1. The average molecular weight is 342 g/mol. The Hall–Kier alpha value is -3.07. The molecule has 2 unspecified atom stereocenters. The van der Waals surface area contributed by atoms with Gasteiger partial charge in [0.2, 0.25) is 5.91 Å². The van der Waals surface area contributed by atoms with E-state index in [1.165, 1.54) is 22.3 Å². The van der Waals surface area contributed by atoms with Gasteiger partial charge < -0.3 is 11.1 Å². The number of primary amides is 1. The van der Waals surface area contributed by atoms with E-state index in [9.17, 15) is 4.79 Å². The van der Waals surface area contributed by atoms with Crippen LogP contribution in [0.4, 0.5) is 5.69 Å². The molecule has 1 heterocycles. The number of hydrogen-bond acceptors (Lipinski definition) is 2. The quantitative estimate of drug-likeness (QED) is 0.886. The summed E-state index contributed by atoms with van der Waals surface area (Å²) in [7, 11) is 0. The fourth-order valence-electron chi connectivity index (χ4n) is 3.85. The Kier molecular flexibility index (Phi) is 4.21. The highest BCUT2D eigenvalue weighted by molar-refractivity contribution is 5.82. The Morgan fingerprint density at radius 2 is 1.92 bits per heavy atom. The highest BCUT2D eigenvalue weighted by Gasteiger charge is 2.29. The SMILES string of the molecule is C=C1c2ccccc2NC2C=C(Cc3cccc(CC(N)=O)c3)C=CC12. The van der Waals surface area contributed by atoms with Crippen molar-refractivity contribution in [1.82, 2.24) is 0 Å². The maximum atomic E-state index is 11.1. The summed E-state index contributed by atoms with van der Waals surface area (Å²) in [6.45, 7) is 4.32. The fourth-order valence-corrected chi connectivity index (χ4v) is 3.85. The van der Waals surface area contributed by atoms with Crippen molar-refractivity contribution in [2.45, 2.75) is 18.9 Å². The van der Waals surface area contributed by atoms with E-state index in [2.05, 4.69) is 60.5 Å². The Bertz CT molecular complexity index is 939. The zero-order valence-electron chi connectivity index (χ0n) is 14.6. The number of anilines is 1. The molecule has 0 bridgehead atoms. The summed E-state index contributed by atoms with van der Waals surface area (Å²) in [5.74, 6) is -0.0137. The summed E-state index contributed by atoms with van der Waals surface area (Å²) in [5, 5.41) is 3.63. The topological polar surface area (TPSA) is 55.1 Å². The number of carbonyl (C=O) groups excluding carboxylic acids is 1. The van der Waals surface area contributed by atoms with Crippen molar-refractivity contribution in [3.63, 3.8) is 0 Å². The van der Waals surface area contributed by atoms with E-state index in [1.54, 1.807) is 0 Å². The third-order valence-corrected chi connectivity index (χ3v) is 5.07. The first-order valence-corrected chi connectivity index (χ1v) is 8.90. The minimum Gasteiger partial charge on any atom is -0.377 e. The lowest BCUT2D eigenvalue weighted by molar-refractivity contribution is -0.117. The van der Waals surface area contributed by atoms with Crippen molar-refractivity contribution in [3.05, 3.63) is 95.6 Å². The number of benzene rings is 2. The van der Waals surface area contributed by atoms with Crippen LogP contribution in [0.15, 0.2) is 78.9 Å². The van der Waals surface area contributed by atoms with Crippen LogP contribution >= 0.6 is 0 Å². The van der Waals surface area contributed by atoms with Crippen molar-refractivity contribution >= 4 is 17.2 Å². The molecule has 2 atom stereocenters. The first-order chi connectivity index (χ1) is 12.6. The van der Waals surface area contributed by atoms with Crippen LogP contribution in [0.25, 0.3) is 5.57 Å². The number of fused-ring (bicyclic) bond motifs is 2.